The van der Waals surface area contributed by atoms with Gasteiger partial charge in [0.25, 0.3) is 0 Å². The third-order valence-electron chi connectivity index (χ3n) is 3.49. The second-order valence-electron chi connectivity index (χ2n) is 5.34. The van der Waals surface area contributed by atoms with E-state index in [1.54, 1.807) is 12.1 Å². The van der Waals surface area contributed by atoms with E-state index in [2.05, 4.69) is 14.9 Å². The SMILES string of the molecule is O=C(O)CCNS(=O)(=O)c1ccc(-c2nnc(-c3ccccc3)o2)cc1. The summed E-state index contributed by atoms with van der Waals surface area (Å²) in [5.41, 5.74) is 1.36. The molecule has 1 heterocycles. The molecule has 0 unspecified atom stereocenters. The highest BCUT2D eigenvalue weighted by atomic mass is 32.2. The number of nitrogens with one attached hydrogen (secondary N) is 1. The van der Waals surface area contributed by atoms with E-state index < -0.39 is 16.0 Å². The third-order valence-corrected chi connectivity index (χ3v) is 4.97. The Hall–Kier alpha value is -3.04. The zero-order valence-electron chi connectivity index (χ0n) is 13.5. The van der Waals surface area contributed by atoms with E-state index in [9.17, 15) is 13.2 Å². The van der Waals surface area contributed by atoms with Crippen molar-refractivity contribution in [1.29, 1.82) is 0 Å². The number of sulfonamides is 1. The maximum atomic E-state index is 12.1. The van der Waals surface area contributed by atoms with Gasteiger partial charge in [0.05, 0.1) is 11.3 Å². The van der Waals surface area contributed by atoms with Gasteiger partial charge >= 0.3 is 5.97 Å². The average Bonchev–Trinajstić information content (AvgIpc) is 3.12. The van der Waals surface area contributed by atoms with E-state index in [-0.39, 0.29) is 23.8 Å². The summed E-state index contributed by atoms with van der Waals surface area (Å²) < 4.78 is 32.0. The van der Waals surface area contributed by atoms with Crippen LogP contribution in [-0.4, -0.2) is 36.2 Å². The molecule has 0 radical (unpaired) electrons. The van der Waals surface area contributed by atoms with Crippen LogP contribution in [0.15, 0.2) is 63.9 Å². The number of carboxylic acids is 1. The molecule has 2 N–H and O–H groups in total. The van der Waals surface area contributed by atoms with Gasteiger partial charge in [0.2, 0.25) is 21.8 Å². The van der Waals surface area contributed by atoms with Gasteiger partial charge in [-0.3, -0.25) is 4.79 Å². The fourth-order valence-corrected chi connectivity index (χ4v) is 3.22. The Labute approximate surface area is 149 Å². The highest BCUT2D eigenvalue weighted by molar-refractivity contribution is 7.89. The van der Waals surface area contributed by atoms with Crippen molar-refractivity contribution >= 4 is 16.0 Å². The van der Waals surface area contributed by atoms with Crippen molar-refractivity contribution in [3.8, 4) is 22.9 Å². The van der Waals surface area contributed by atoms with Crippen LogP contribution in [0.25, 0.3) is 22.9 Å². The monoisotopic (exact) mass is 373 g/mol. The first kappa shape index (κ1) is 17.8. The summed E-state index contributed by atoms with van der Waals surface area (Å²) >= 11 is 0. The largest absolute Gasteiger partial charge is 0.481 e. The van der Waals surface area contributed by atoms with Crippen LogP contribution < -0.4 is 4.72 Å². The number of hydrogen-bond acceptors (Lipinski definition) is 6. The first-order chi connectivity index (χ1) is 12.5. The van der Waals surface area contributed by atoms with E-state index in [1.807, 2.05) is 30.3 Å². The molecule has 1 aromatic heterocycles. The number of aliphatic carboxylic acids is 1. The van der Waals surface area contributed by atoms with Crippen molar-refractivity contribution in [2.24, 2.45) is 0 Å². The van der Waals surface area contributed by atoms with Gasteiger partial charge in [-0.25, -0.2) is 13.1 Å². The maximum Gasteiger partial charge on any atom is 0.304 e. The van der Waals surface area contributed by atoms with Crippen LogP contribution in [0, 0.1) is 0 Å². The average molecular weight is 373 g/mol. The Bertz CT molecular complexity index is 998. The van der Waals surface area contributed by atoms with Gasteiger partial charge in [-0.2, -0.15) is 0 Å². The molecule has 0 saturated carbocycles. The molecular formula is C17H15N3O5S. The summed E-state index contributed by atoms with van der Waals surface area (Å²) in [5, 5.41) is 16.5. The van der Waals surface area contributed by atoms with Gasteiger partial charge in [-0.1, -0.05) is 18.2 Å². The minimum Gasteiger partial charge on any atom is -0.481 e. The molecule has 2 aromatic carbocycles. The summed E-state index contributed by atoms with van der Waals surface area (Å²) in [7, 11) is -3.77. The highest BCUT2D eigenvalue weighted by Crippen LogP contribution is 2.24. The molecule has 134 valence electrons. The molecule has 0 atom stereocenters. The van der Waals surface area contributed by atoms with Gasteiger partial charge < -0.3 is 9.52 Å². The lowest BCUT2D eigenvalue weighted by Crippen LogP contribution is -2.26. The number of carbonyl (C=O) groups is 1. The summed E-state index contributed by atoms with van der Waals surface area (Å²) in [5.74, 6) is -0.437. The molecule has 0 aliphatic rings. The summed E-state index contributed by atoms with van der Waals surface area (Å²) in [4.78, 5) is 10.5. The number of hydrogen-bond donors (Lipinski definition) is 2. The van der Waals surface area contributed by atoms with Crippen molar-refractivity contribution in [3.05, 3.63) is 54.6 Å². The molecule has 3 aromatic rings. The number of aromatic nitrogens is 2. The van der Waals surface area contributed by atoms with Crippen molar-refractivity contribution in [2.45, 2.75) is 11.3 Å². The minimum atomic E-state index is -3.77. The lowest BCUT2D eigenvalue weighted by atomic mass is 10.2. The molecule has 0 spiro atoms. The normalized spacial score (nSPS) is 11.4. The Morgan fingerprint density at radius 3 is 2.12 bits per heavy atom. The predicted molar refractivity (Wildman–Crippen MR) is 92.6 cm³/mol. The van der Waals surface area contributed by atoms with E-state index >= 15 is 0 Å². The number of nitrogens with zero attached hydrogens (tertiary/aromatic N) is 2. The van der Waals surface area contributed by atoms with Gasteiger partial charge in [-0.15, -0.1) is 10.2 Å². The van der Waals surface area contributed by atoms with Crippen molar-refractivity contribution in [1.82, 2.24) is 14.9 Å². The molecule has 8 nitrogen and oxygen atoms in total. The Morgan fingerprint density at radius 2 is 1.54 bits per heavy atom. The molecule has 0 aliphatic carbocycles. The van der Waals surface area contributed by atoms with Crippen LogP contribution >= 0.6 is 0 Å². The molecule has 0 fully saturated rings. The van der Waals surface area contributed by atoms with E-state index in [0.717, 1.165) is 5.56 Å². The van der Waals surface area contributed by atoms with Crippen LogP contribution in [0.2, 0.25) is 0 Å². The number of rotatable bonds is 7. The second-order valence-corrected chi connectivity index (χ2v) is 7.11. The smallest absolute Gasteiger partial charge is 0.304 e. The molecule has 0 bridgehead atoms. The zero-order chi connectivity index (χ0) is 18.6. The van der Waals surface area contributed by atoms with Crippen molar-refractivity contribution in [2.75, 3.05) is 6.54 Å². The second kappa shape index (κ2) is 7.46. The highest BCUT2D eigenvalue weighted by Gasteiger charge is 2.16. The van der Waals surface area contributed by atoms with E-state index in [0.29, 0.717) is 11.5 Å². The maximum absolute atomic E-state index is 12.1. The van der Waals surface area contributed by atoms with Crippen LogP contribution in [-0.2, 0) is 14.8 Å². The Morgan fingerprint density at radius 1 is 0.962 bits per heavy atom. The summed E-state index contributed by atoms with van der Waals surface area (Å²) in [6.07, 6.45) is -0.290. The Kier molecular flexibility index (Phi) is 5.10. The standard InChI is InChI=1S/C17H15N3O5S/c21-15(22)10-11-18-26(23,24)14-8-6-13(7-9-14)17-20-19-16(25-17)12-4-2-1-3-5-12/h1-9,18H,10-11H2,(H,21,22). The molecule has 0 aliphatic heterocycles. The van der Waals surface area contributed by atoms with Crippen molar-refractivity contribution in [3.63, 3.8) is 0 Å². The van der Waals surface area contributed by atoms with Gasteiger partial charge in [0, 0.05) is 17.7 Å². The van der Waals surface area contributed by atoms with E-state index in [4.69, 9.17) is 9.52 Å². The van der Waals surface area contributed by atoms with Gasteiger partial charge in [0.15, 0.2) is 0 Å². The zero-order valence-corrected chi connectivity index (χ0v) is 14.3. The topological polar surface area (TPSA) is 122 Å². The van der Waals surface area contributed by atoms with Crippen LogP contribution in [0.4, 0.5) is 0 Å². The van der Waals surface area contributed by atoms with Gasteiger partial charge in [-0.05, 0) is 36.4 Å². The summed E-state index contributed by atoms with van der Waals surface area (Å²) in [6, 6.07) is 15.2. The lowest BCUT2D eigenvalue weighted by molar-refractivity contribution is -0.136. The fourth-order valence-electron chi connectivity index (χ4n) is 2.19. The molecule has 0 saturated heterocycles. The first-order valence-electron chi connectivity index (χ1n) is 7.66. The minimum absolute atomic E-state index is 0.0226. The number of benzene rings is 2. The third kappa shape index (κ3) is 4.13. The number of carboxylic acid groups (broad SMARTS) is 1. The first-order valence-corrected chi connectivity index (χ1v) is 9.15. The molecule has 26 heavy (non-hydrogen) atoms. The molecule has 9 heteroatoms. The quantitative estimate of drug-likeness (QED) is 0.650. The van der Waals surface area contributed by atoms with Crippen LogP contribution in [0.1, 0.15) is 6.42 Å². The van der Waals surface area contributed by atoms with E-state index in [1.165, 1.54) is 12.1 Å². The van der Waals surface area contributed by atoms with Crippen LogP contribution in [0.5, 0.6) is 0 Å². The lowest BCUT2D eigenvalue weighted by Gasteiger charge is -2.05. The van der Waals surface area contributed by atoms with Gasteiger partial charge in [0.1, 0.15) is 0 Å². The van der Waals surface area contributed by atoms with Crippen molar-refractivity contribution < 1.29 is 22.7 Å². The molecular weight excluding hydrogens is 358 g/mol. The Balaban J connectivity index is 1.76. The molecule has 3 rings (SSSR count). The fraction of sp³-hybridized carbons (Fsp3) is 0.118. The predicted octanol–water partition coefficient (Wildman–Crippen LogP) is 2.16. The summed E-state index contributed by atoms with van der Waals surface area (Å²) in [6.45, 7) is -0.177. The van der Waals surface area contributed by atoms with Crippen LogP contribution in [0.3, 0.4) is 0 Å². The molecule has 0 amide bonds.